The molecule has 4 nitrogen and oxygen atoms in total. The van der Waals surface area contributed by atoms with E-state index in [0.717, 1.165) is 21.9 Å². The molecule has 1 atom stereocenters. The van der Waals surface area contributed by atoms with E-state index in [1.54, 1.807) is 0 Å². The molecule has 2 aromatic rings. The Morgan fingerprint density at radius 1 is 1.18 bits per heavy atom. The van der Waals surface area contributed by atoms with Crippen molar-refractivity contribution in [1.29, 1.82) is 0 Å². The van der Waals surface area contributed by atoms with Gasteiger partial charge in [0.2, 0.25) is 0 Å². The molecule has 1 unspecified atom stereocenters. The molecule has 0 amide bonds. The van der Waals surface area contributed by atoms with Gasteiger partial charge in [-0.05, 0) is 21.9 Å². The molecule has 0 aliphatic heterocycles. The maximum atomic E-state index is 10.8. The third-order valence-electron chi connectivity index (χ3n) is 3.01. The highest BCUT2D eigenvalue weighted by Crippen LogP contribution is 2.39. The van der Waals surface area contributed by atoms with Gasteiger partial charge >= 0.3 is 10.4 Å². The molecule has 88 valence electrons. The maximum absolute atomic E-state index is 10.8. The molecule has 0 saturated carbocycles. The minimum Gasteiger partial charge on any atom is -0.264 e. The van der Waals surface area contributed by atoms with E-state index in [9.17, 15) is 8.42 Å². The first-order valence-corrected chi connectivity index (χ1v) is 6.57. The Hall–Kier alpha value is -1.43. The van der Waals surface area contributed by atoms with E-state index in [1.165, 1.54) is 0 Å². The summed E-state index contributed by atoms with van der Waals surface area (Å²) in [5.74, 6) is 0. The van der Waals surface area contributed by atoms with Crippen LogP contribution in [0.2, 0.25) is 0 Å². The number of hydrogen-bond donors (Lipinski definition) is 1. The van der Waals surface area contributed by atoms with Crippen LogP contribution in [0.1, 0.15) is 17.2 Å². The van der Waals surface area contributed by atoms with Crippen LogP contribution in [0.3, 0.4) is 0 Å². The molecule has 2 aromatic carbocycles. The summed E-state index contributed by atoms with van der Waals surface area (Å²) in [4.78, 5) is 0. The quantitative estimate of drug-likeness (QED) is 0.830. The van der Waals surface area contributed by atoms with E-state index in [4.69, 9.17) is 8.74 Å². The van der Waals surface area contributed by atoms with Gasteiger partial charge in [0.15, 0.2) is 0 Å². The van der Waals surface area contributed by atoms with Crippen molar-refractivity contribution in [2.75, 3.05) is 0 Å². The summed E-state index contributed by atoms with van der Waals surface area (Å²) in [6.45, 7) is 0. The van der Waals surface area contributed by atoms with Crippen LogP contribution in [-0.2, 0) is 21.0 Å². The summed E-state index contributed by atoms with van der Waals surface area (Å²) in [5, 5.41) is 2.09. The lowest BCUT2D eigenvalue weighted by atomic mass is 10.1. The van der Waals surface area contributed by atoms with Gasteiger partial charge in [0.1, 0.15) is 6.10 Å². The van der Waals surface area contributed by atoms with Crippen molar-refractivity contribution in [2.45, 2.75) is 12.5 Å². The van der Waals surface area contributed by atoms with E-state index in [0.29, 0.717) is 6.42 Å². The van der Waals surface area contributed by atoms with E-state index in [1.807, 2.05) is 36.4 Å². The minimum absolute atomic E-state index is 0.469. The summed E-state index contributed by atoms with van der Waals surface area (Å²) in [6.07, 6.45) is -0.151. The molecule has 1 N–H and O–H groups in total. The molecule has 5 heteroatoms. The Morgan fingerprint density at radius 2 is 1.88 bits per heavy atom. The molecule has 0 bridgehead atoms. The van der Waals surface area contributed by atoms with Crippen LogP contribution in [0.15, 0.2) is 36.4 Å². The lowest BCUT2D eigenvalue weighted by Crippen LogP contribution is -2.09. The fourth-order valence-electron chi connectivity index (χ4n) is 2.43. The zero-order chi connectivity index (χ0) is 12.0. The summed E-state index contributed by atoms with van der Waals surface area (Å²) in [6, 6.07) is 11.5. The van der Waals surface area contributed by atoms with Crippen LogP contribution in [0, 0.1) is 0 Å². The normalized spacial score (nSPS) is 18.8. The molecule has 0 saturated heterocycles. The van der Waals surface area contributed by atoms with Crippen molar-refractivity contribution in [3.8, 4) is 0 Å². The summed E-state index contributed by atoms with van der Waals surface area (Å²) in [7, 11) is -4.42. The standard InChI is InChI=1S/C12H10O4S/c13-17(14,15)16-11-7-9-5-1-3-8-4-2-6-10(11)12(8)9/h1-6,11H,7H2,(H,13,14,15). The van der Waals surface area contributed by atoms with E-state index in [-0.39, 0.29) is 0 Å². The monoisotopic (exact) mass is 250 g/mol. The first-order valence-electron chi connectivity index (χ1n) is 5.21. The van der Waals surface area contributed by atoms with E-state index >= 15 is 0 Å². The topological polar surface area (TPSA) is 63.6 Å². The van der Waals surface area contributed by atoms with Crippen LogP contribution < -0.4 is 0 Å². The van der Waals surface area contributed by atoms with E-state index < -0.39 is 16.5 Å². The van der Waals surface area contributed by atoms with E-state index in [2.05, 4.69) is 0 Å². The molecule has 0 aromatic heterocycles. The molecule has 1 aliphatic carbocycles. The van der Waals surface area contributed by atoms with Gasteiger partial charge in [-0.1, -0.05) is 36.4 Å². The third kappa shape index (κ3) is 1.82. The lowest BCUT2D eigenvalue weighted by molar-refractivity contribution is 0.190. The molecular weight excluding hydrogens is 240 g/mol. The predicted octanol–water partition coefficient (Wildman–Crippen LogP) is 2.26. The molecule has 1 aliphatic rings. The molecular formula is C12H10O4S. The highest BCUT2D eigenvalue weighted by atomic mass is 32.3. The molecule has 0 heterocycles. The van der Waals surface area contributed by atoms with Gasteiger partial charge in [0.05, 0.1) is 0 Å². The predicted molar refractivity (Wildman–Crippen MR) is 63.0 cm³/mol. The zero-order valence-electron chi connectivity index (χ0n) is 8.83. The van der Waals surface area contributed by atoms with Crippen LogP contribution >= 0.6 is 0 Å². The number of rotatable bonds is 2. The second kappa shape index (κ2) is 3.53. The Bertz CT molecular complexity index is 685. The first-order chi connectivity index (χ1) is 8.04. The second-order valence-electron chi connectivity index (χ2n) is 4.08. The van der Waals surface area contributed by atoms with Crippen LogP contribution in [0.4, 0.5) is 0 Å². The summed E-state index contributed by atoms with van der Waals surface area (Å²) >= 11 is 0. The number of benzene rings is 2. The van der Waals surface area contributed by atoms with Gasteiger partial charge < -0.3 is 0 Å². The van der Waals surface area contributed by atoms with Gasteiger partial charge in [-0.3, -0.25) is 4.55 Å². The third-order valence-corrected chi connectivity index (χ3v) is 3.49. The van der Waals surface area contributed by atoms with Crippen LogP contribution in [-0.4, -0.2) is 13.0 Å². The Balaban J connectivity index is 2.16. The highest BCUT2D eigenvalue weighted by Gasteiger charge is 2.28. The van der Waals surface area contributed by atoms with Gasteiger partial charge in [0, 0.05) is 6.42 Å². The molecule has 17 heavy (non-hydrogen) atoms. The largest absolute Gasteiger partial charge is 0.397 e. The summed E-state index contributed by atoms with van der Waals surface area (Å²) < 4.78 is 35.0. The van der Waals surface area contributed by atoms with Crippen molar-refractivity contribution in [2.24, 2.45) is 0 Å². The Morgan fingerprint density at radius 3 is 2.59 bits per heavy atom. The molecule has 3 rings (SSSR count). The van der Waals surface area contributed by atoms with Gasteiger partial charge in [0.25, 0.3) is 0 Å². The smallest absolute Gasteiger partial charge is 0.264 e. The zero-order valence-corrected chi connectivity index (χ0v) is 9.65. The fourth-order valence-corrected chi connectivity index (χ4v) is 2.90. The maximum Gasteiger partial charge on any atom is 0.397 e. The van der Waals surface area contributed by atoms with Crippen LogP contribution in [0.25, 0.3) is 10.8 Å². The Kier molecular flexibility index (Phi) is 2.22. The average Bonchev–Trinajstić information content (AvgIpc) is 2.58. The average molecular weight is 250 g/mol. The molecule has 0 radical (unpaired) electrons. The fraction of sp³-hybridized carbons (Fsp3) is 0.167. The summed E-state index contributed by atoms with van der Waals surface area (Å²) in [5.41, 5.74) is 1.86. The van der Waals surface area contributed by atoms with Crippen molar-refractivity contribution < 1.29 is 17.2 Å². The lowest BCUT2D eigenvalue weighted by Gasteiger charge is -2.09. The van der Waals surface area contributed by atoms with Crippen molar-refractivity contribution in [3.63, 3.8) is 0 Å². The molecule has 0 fully saturated rings. The minimum atomic E-state index is -4.42. The van der Waals surface area contributed by atoms with Gasteiger partial charge in [-0.25, -0.2) is 4.18 Å². The highest BCUT2D eigenvalue weighted by molar-refractivity contribution is 7.80. The molecule has 0 spiro atoms. The van der Waals surface area contributed by atoms with Crippen LogP contribution in [0.5, 0.6) is 0 Å². The van der Waals surface area contributed by atoms with Crippen molar-refractivity contribution >= 4 is 21.2 Å². The SMILES string of the molecule is O=S(=O)(O)OC1Cc2cccc3cccc1c23. The first kappa shape index (κ1) is 10.7. The Labute approximate surface area is 98.8 Å². The van der Waals surface area contributed by atoms with Gasteiger partial charge in [-0.2, -0.15) is 8.42 Å². The van der Waals surface area contributed by atoms with Gasteiger partial charge in [-0.15, -0.1) is 0 Å². The number of hydrogen-bond acceptors (Lipinski definition) is 3. The van der Waals surface area contributed by atoms with Crippen molar-refractivity contribution in [1.82, 2.24) is 0 Å². The van der Waals surface area contributed by atoms with Crippen molar-refractivity contribution in [3.05, 3.63) is 47.5 Å². The second-order valence-corrected chi connectivity index (χ2v) is 5.13.